The van der Waals surface area contributed by atoms with E-state index in [1.165, 1.54) is 0 Å². The van der Waals surface area contributed by atoms with Crippen LogP contribution in [0.3, 0.4) is 0 Å². The van der Waals surface area contributed by atoms with Crippen LogP contribution in [0.15, 0.2) is 59.8 Å². The summed E-state index contributed by atoms with van der Waals surface area (Å²) in [5, 5.41) is 6.05. The standard InChI is InChI=1S/C14H13ClN2O/c15-14(17-18)10-11-6-8-13(9-7-11)16-12-4-2-1-3-5-12/h1-9,14,16H,10H2. The topological polar surface area (TPSA) is 41.5 Å². The van der Waals surface area contributed by atoms with Crippen molar-refractivity contribution in [3.05, 3.63) is 65.1 Å². The van der Waals surface area contributed by atoms with Crippen LogP contribution >= 0.6 is 11.6 Å². The molecule has 1 atom stereocenters. The zero-order chi connectivity index (χ0) is 12.8. The Morgan fingerprint density at radius 1 is 1.00 bits per heavy atom. The van der Waals surface area contributed by atoms with E-state index in [0.717, 1.165) is 16.9 Å². The van der Waals surface area contributed by atoms with Crippen LogP contribution in [0.25, 0.3) is 0 Å². The largest absolute Gasteiger partial charge is 0.356 e. The molecule has 0 saturated carbocycles. The molecule has 0 aliphatic rings. The van der Waals surface area contributed by atoms with Crippen LogP contribution in [0.2, 0.25) is 0 Å². The zero-order valence-corrected chi connectivity index (χ0v) is 10.5. The molecule has 2 rings (SSSR count). The number of nitrogens with one attached hydrogen (secondary N) is 1. The zero-order valence-electron chi connectivity index (χ0n) is 9.71. The van der Waals surface area contributed by atoms with Gasteiger partial charge in [0.2, 0.25) is 0 Å². The summed E-state index contributed by atoms with van der Waals surface area (Å²) in [5.74, 6) is 0. The SMILES string of the molecule is O=NC(Cl)Cc1ccc(Nc2ccccc2)cc1. The number of benzene rings is 2. The van der Waals surface area contributed by atoms with Crippen molar-refractivity contribution in [2.24, 2.45) is 5.18 Å². The maximum absolute atomic E-state index is 10.2. The quantitative estimate of drug-likeness (QED) is 0.495. The molecule has 0 spiro atoms. The van der Waals surface area contributed by atoms with Crippen LogP contribution in [-0.4, -0.2) is 5.50 Å². The van der Waals surface area contributed by atoms with Crippen LogP contribution < -0.4 is 5.32 Å². The lowest BCUT2D eigenvalue weighted by Gasteiger charge is -2.07. The Bertz CT molecular complexity index is 499. The summed E-state index contributed by atoms with van der Waals surface area (Å²) in [4.78, 5) is 10.2. The first-order chi connectivity index (χ1) is 8.78. The lowest BCUT2D eigenvalue weighted by Crippen LogP contribution is -1.98. The minimum absolute atomic E-state index is 0.455. The van der Waals surface area contributed by atoms with Crippen molar-refractivity contribution in [1.82, 2.24) is 0 Å². The molecule has 1 unspecified atom stereocenters. The number of rotatable bonds is 5. The maximum Gasteiger partial charge on any atom is 0.169 e. The third kappa shape index (κ3) is 3.57. The molecule has 0 bridgehead atoms. The molecule has 0 aromatic heterocycles. The Morgan fingerprint density at radius 3 is 2.22 bits per heavy atom. The molecule has 2 aromatic rings. The van der Waals surface area contributed by atoms with Gasteiger partial charge in [-0.1, -0.05) is 41.9 Å². The van der Waals surface area contributed by atoms with E-state index in [0.29, 0.717) is 6.42 Å². The second-order valence-electron chi connectivity index (χ2n) is 3.93. The van der Waals surface area contributed by atoms with Crippen LogP contribution in [0.5, 0.6) is 0 Å². The highest BCUT2D eigenvalue weighted by molar-refractivity contribution is 6.20. The van der Waals surface area contributed by atoms with Crippen molar-refractivity contribution in [3.63, 3.8) is 0 Å². The molecule has 1 N–H and O–H groups in total. The molecular weight excluding hydrogens is 248 g/mol. The number of nitroso groups, excluding NO2 is 1. The summed E-state index contributed by atoms with van der Waals surface area (Å²) in [6.07, 6.45) is 0.455. The molecule has 0 heterocycles. The van der Waals surface area contributed by atoms with Gasteiger partial charge < -0.3 is 5.32 Å². The van der Waals surface area contributed by atoms with Gasteiger partial charge in [0, 0.05) is 17.8 Å². The molecule has 0 saturated heterocycles. The second-order valence-corrected chi connectivity index (χ2v) is 4.44. The van der Waals surface area contributed by atoms with E-state index in [1.807, 2.05) is 54.6 Å². The monoisotopic (exact) mass is 260 g/mol. The van der Waals surface area contributed by atoms with Gasteiger partial charge in [-0.25, -0.2) is 0 Å². The van der Waals surface area contributed by atoms with Gasteiger partial charge in [0.05, 0.1) is 0 Å². The van der Waals surface area contributed by atoms with Gasteiger partial charge in [0.1, 0.15) is 0 Å². The van der Waals surface area contributed by atoms with Gasteiger partial charge in [-0.2, -0.15) is 0 Å². The highest BCUT2D eigenvalue weighted by Crippen LogP contribution is 2.18. The third-order valence-electron chi connectivity index (χ3n) is 2.53. The lowest BCUT2D eigenvalue weighted by molar-refractivity contribution is 0.883. The van der Waals surface area contributed by atoms with Crippen molar-refractivity contribution in [3.8, 4) is 0 Å². The van der Waals surface area contributed by atoms with E-state index >= 15 is 0 Å². The lowest BCUT2D eigenvalue weighted by atomic mass is 10.1. The maximum atomic E-state index is 10.2. The Labute approximate surface area is 111 Å². The fourth-order valence-corrected chi connectivity index (χ4v) is 1.82. The number of nitrogens with zero attached hydrogens (tertiary/aromatic N) is 1. The normalized spacial score (nSPS) is 11.8. The average Bonchev–Trinajstić information content (AvgIpc) is 2.42. The smallest absolute Gasteiger partial charge is 0.169 e. The highest BCUT2D eigenvalue weighted by atomic mass is 35.5. The van der Waals surface area contributed by atoms with Crippen LogP contribution in [0.1, 0.15) is 5.56 Å². The molecule has 18 heavy (non-hydrogen) atoms. The van der Waals surface area contributed by atoms with Crippen molar-refractivity contribution in [2.45, 2.75) is 11.9 Å². The number of hydrogen-bond donors (Lipinski definition) is 1. The van der Waals surface area contributed by atoms with Gasteiger partial charge in [-0.05, 0) is 35.0 Å². The van der Waals surface area contributed by atoms with Crippen molar-refractivity contribution >= 4 is 23.0 Å². The first-order valence-corrected chi connectivity index (χ1v) is 6.09. The number of hydrogen-bond acceptors (Lipinski definition) is 3. The molecule has 0 fully saturated rings. The molecule has 0 aliphatic heterocycles. The van der Waals surface area contributed by atoms with E-state index in [9.17, 15) is 4.91 Å². The van der Waals surface area contributed by atoms with Gasteiger partial charge >= 0.3 is 0 Å². The van der Waals surface area contributed by atoms with Crippen LogP contribution in [0.4, 0.5) is 11.4 Å². The van der Waals surface area contributed by atoms with E-state index in [-0.39, 0.29) is 0 Å². The predicted octanol–water partition coefficient (Wildman–Crippen LogP) is 4.30. The Balaban J connectivity index is 2.02. The van der Waals surface area contributed by atoms with Crippen LogP contribution in [-0.2, 0) is 6.42 Å². The molecule has 4 heteroatoms. The van der Waals surface area contributed by atoms with E-state index in [2.05, 4.69) is 10.5 Å². The molecule has 0 radical (unpaired) electrons. The van der Waals surface area contributed by atoms with Gasteiger partial charge in [0.15, 0.2) is 5.50 Å². The molecule has 3 nitrogen and oxygen atoms in total. The van der Waals surface area contributed by atoms with Crippen LogP contribution in [0, 0.1) is 4.91 Å². The minimum Gasteiger partial charge on any atom is -0.356 e. The predicted molar refractivity (Wildman–Crippen MR) is 75.3 cm³/mol. The Morgan fingerprint density at radius 2 is 1.61 bits per heavy atom. The van der Waals surface area contributed by atoms with E-state index in [1.54, 1.807) is 0 Å². The van der Waals surface area contributed by atoms with E-state index in [4.69, 9.17) is 11.6 Å². The van der Waals surface area contributed by atoms with Gasteiger partial charge in [-0.15, -0.1) is 4.91 Å². The summed E-state index contributed by atoms with van der Waals surface area (Å²) in [5.41, 5.74) is 2.33. The minimum atomic E-state index is -0.696. The number of halogens is 1. The van der Waals surface area contributed by atoms with Gasteiger partial charge in [-0.3, -0.25) is 0 Å². The number of alkyl halides is 1. The Kier molecular flexibility index (Phi) is 4.31. The first kappa shape index (κ1) is 12.6. The summed E-state index contributed by atoms with van der Waals surface area (Å²) in [6.45, 7) is 0. The summed E-state index contributed by atoms with van der Waals surface area (Å²) in [6, 6.07) is 17.7. The highest BCUT2D eigenvalue weighted by Gasteiger charge is 2.04. The average molecular weight is 261 g/mol. The van der Waals surface area contributed by atoms with Crippen molar-refractivity contribution in [1.29, 1.82) is 0 Å². The molecular formula is C14H13ClN2O. The molecule has 0 aliphatic carbocycles. The van der Waals surface area contributed by atoms with Gasteiger partial charge in [0.25, 0.3) is 0 Å². The first-order valence-electron chi connectivity index (χ1n) is 5.65. The number of para-hydroxylation sites is 1. The van der Waals surface area contributed by atoms with E-state index < -0.39 is 5.50 Å². The summed E-state index contributed by atoms with van der Waals surface area (Å²) in [7, 11) is 0. The summed E-state index contributed by atoms with van der Waals surface area (Å²) >= 11 is 5.67. The number of anilines is 2. The second kappa shape index (κ2) is 6.17. The fraction of sp³-hybridized carbons (Fsp3) is 0.143. The fourth-order valence-electron chi connectivity index (χ4n) is 1.64. The third-order valence-corrected chi connectivity index (χ3v) is 2.77. The Hall–Kier alpha value is -1.87. The molecule has 2 aromatic carbocycles. The van der Waals surface area contributed by atoms with Crippen molar-refractivity contribution in [2.75, 3.05) is 5.32 Å². The van der Waals surface area contributed by atoms with Crippen molar-refractivity contribution < 1.29 is 0 Å². The molecule has 92 valence electrons. The molecule has 0 amide bonds. The summed E-state index contributed by atoms with van der Waals surface area (Å²) < 4.78 is 0.